The van der Waals surface area contributed by atoms with E-state index in [9.17, 15) is 14.7 Å². The van der Waals surface area contributed by atoms with Gasteiger partial charge in [-0.2, -0.15) is 0 Å². The predicted octanol–water partition coefficient (Wildman–Crippen LogP) is 2.38. The normalized spacial score (nSPS) is 13.6. The third kappa shape index (κ3) is 1.96. The van der Waals surface area contributed by atoms with Gasteiger partial charge in [-0.15, -0.1) is 0 Å². The smallest absolute Gasteiger partial charge is 0.233 e. The molecule has 0 amide bonds. The molecular formula is C12H12O3. The number of carbonyl (C=O) groups excluding carboxylic acids is 2. The highest BCUT2D eigenvalue weighted by Gasteiger charge is 2.24. The zero-order chi connectivity index (χ0) is 11.4. The van der Waals surface area contributed by atoms with Gasteiger partial charge in [0.1, 0.15) is 5.76 Å². The molecule has 3 nitrogen and oxygen atoms in total. The molecule has 0 saturated carbocycles. The fourth-order valence-corrected chi connectivity index (χ4v) is 1.30. The Labute approximate surface area is 88.0 Å². The van der Waals surface area contributed by atoms with Crippen molar-refractivity contribution in [1.29, 1.82) is 0 Å². The van der Waals surface area contributed by atoms with Gasteiger partial charge in [0.05, 0.1) is 0 Å². The molecule has 0 aromatic heterocycles. The van der Waals surface area contributed by atoms with E-state index in [4.69, 9.17) is 0 Å². The first-order valence-corrected chi connectivity index (χ1v) is 4.79. The average Bonchev–Trinajstić information content (AvgIpc) is 2.29. The number of aliphatic hydroxyl groups is 1. The number of allylic oxidation sites excluding steroid dienone is 1. The molecular weight excluding hydrogens is 192 g/mol. The van der Waals surface area contributed by atoms with E-state index in [-0.39, 0.29) is 11.3 Å². The van der Waals surface area contributed by atoms with Crippen LogP contribution in [-0.4, -0.2) is 16.7 Å². The molecule has 3 heteroatoms. The van der Waals surface area contributed by atoms with Crippen LogP contribution in [0.4, 0.5) is 0 Å². The molecule has 1 aliphatic rings. The Balaban J connectivity index is 0.000000531. The lowest BCUT2D eigenvalue weighted by atomic mass is 9.94. The maximum absolute atomic E-state index is 11.3. The highest BCUT2D eigenvalue weighted by atomic mass is 16.3. The van der Waals surface area contributed by atoms with E-state index in [0.29, 0.717) is 5.56 Å². The number of rotatable bonds is 0. The molecule has 0 saturated heterocycles. The van der Waals surface area contributed by atoms with Gasteiger partial charge < -0.3 is 5.11 Å². The SMILES string of the molecule is CC.O=C1C=C(O)c2ccccc2C1=O. The summed E-state index contributed by atoms with van der Waals surface area (Å²) in [6.07, 6.45) is 0.949. The molecule has 0 unspecified atom stereocenters. The monoisotopic (exact) mass is 204 g/mol. The molecule has 0 spiro atoms. The van der Waals surface area contributed by atoms with Crippen LogP contribution in [0.2, 0.25) is 0 Å². The highest BCUT2D eigenvalue weighted by molar-refractivity contribution is 6.50. The first kappa shape index (κ1) is 11.2. The Hall–Kier alpha value is -1.90. The van der Waals surface area contributed by atoms with Crippen LogP contribution in [-0.2, 0) is 4.79 Å². The second-order valence-electron chi connectivity index (χ2n) is 2.77. The van der Waals surface area contributed by atoms with Crippen molar-refractivity contribution in [2.75, 3.05) is 0 Å². The van der Waals surface area contributed by atoms with E-state index in [0.717, 1.165) is 6.08 Å². The Morgan fingerprint density at radius 1 is 1.00 bits per heavy atom. The number of benzene rings is 1. The minimum Gasteiger partial charge on any atom is -0.507 e. The van der Waals surface area contributed by atoms with Crippen molar-refractivity contribution < 1.29 is 14.7 Å². The summed E-state index contributed by atoms with van der Waals surface area (Å²) in [5.41, 5.74) is 0.694. The van der Waals surface area contributed by atoms with Gasteiger partial charge in [-0.3, -0.25) is 9.59 Å². The molecule has 0 heterocycles. The number of ketones is 2. The van der Waals surface area contributed by atoms with E-state index >= 15 is 0 Å². The van der Waals surface area contributed by atoms with Crippen molar-refractivity contribution in [1.82, 2.24) is 0 Å². The van der Waals surface area contributed by atoms with Gasteiger partial charge in [0.25, 0.3) is 0 Å². The third-order valence-corrected chi connectivity index (χ3v) is 1.94. The van der Waals surface area contributed by atoms with E-state index in [2.05, 4.69) is 0 Å². The summed E-state index contributed by atoms with van der Waals surface area (Å²) < 4.78 is 0. The summed E-state index contributed by atoms with van der Waals surface area (Å²) in [6, 6.07) is 6.48. The van der Waals surface area contributed by atoms with Crippen LogP contribution >= 0.6 is 0 Å². The van der Waals surface area contributed by atoms with Crippen LogP contribution in [0.5, 0.6) is 0 Å². The molecule has 0 fully saturated rings. The molecule has 0 aliphatic heterocycles. The Bertz CT molecular complexity index is 430. The van der Waals surface area contributed by atoms with Gasteiger partial charge >= 0.3 is 0 Å². The lowest BCUT2D eigenvalue weighted by Crippen LogP contribution is -2.18. The van der Waals surface area contributed by atoms with Gasteiger partial charge in [-0.25, -0.2) is 0 Å². The molecule has 15 heavy (non-hydrogen) atoms. The predicted molar refractivity (Wildman–Crippen MR) is 57.7 cm³/mol. The molecule has 1 aromatic rings. The van der Waals surface area contributed by atoms with E-state index < -0.39 is 11.6 Å². The minimum atomic E-state index is -0.670. The number of Topliss-reactive ketones (excluding diaryl/α,β-unsaturated/α-hetero) is 1. The van der Waals surface area contributed by atoms with E-state index in [1.807, 2.05) is 13.8 Å². The second-order valence-corrected chi connectivity index (χ2v) is 2.77. The van der Waals surface area contributed by atoms with Crippen molar-refractivity contribution in [3.8, 4) is 0 Å². The van der Waals surface area contributed by atoms with Gasteiger partial charge in [0.15, 0.2) is 0 Å². The van der Waals surface area contributed by atoms with Gasteiger partial charge in [0.2, 0.25) is 11.6 Å². The standard InChI is InChI=1S/C10H6O3.C2H6/c11-8-5-9(12)10(13)7-4-2-1-3-6(7)8;1-2/h1-5,11H;1-2H3. The van der Waals surface area contributed by atoms with Crippen LogP contribution in [0.25, 0.3) is 5.76 Å². The Morgan fingerprint density at radius 2 is 1.53 bits per heavy atom. The summed E-state index contributed by atoms with van der Waals surface area (Å²) >= 11 is 0. The summed E-state index contributed by atoms with van der Waals surface area (Å²) in [7, 11) is 0. The topological polar surface area (TPSA) is 54.4 Å². The highest BCUT2D eigenvalue weighted by Crippen LogP contribution is 2.22. The number of hydrogen-bond acceptors (Lipinski definition) is 3. The van der Waals surface area contributed by atoms with Crippen molar-refractivity contribution in [2.45, 2.75) is 13.8 Å². The quantitative estimate of drug-likeness (QED) is 0.660. The largest absolute Gasteiger partial charge is 0.507 e. The third-order valence-electron chi connectivity index (χ3n) is 1.94. The summed E-state index contributed by atoms with van der Waals surface area (Å²) in [5.74, 6) is -1.37. The second kappa shape index (κ2) is 4.55. The van der Waals surface area contributed by atoms with Crippen molar-refractivity contribution in [3.63, 3.8) is 0 Å². The number of fused-ring (bicyclic) bond motifs is 1. The van der Waals surface area contributed by atoms with E-state index in [1.165, 1.54) is 6.07 Å². The summed E-state index contributed by atoms with van der Waals surface area (Å²) in [6.45, 7) is 4.00. The van der Waals surface area contributed by atoms with Crippen LogP contribution in [0.15, 0.2) is 30.3 Å². The van der Waals surface area contributed by atoms with Gasteiger partial charge in [-0.1, -0.05) is 38.1 Å². The fraction of sp³-hybridized carbons (Fsp3) is 0.167. The van der Waals surface area contributed by atoms with Crippen LogP contribution < -0.4 is 0 Å². The lowest BCUT2D eigenvalue weighted by Gasteiger charge is -2.10. The Morgan fingerprint density at radius 3 is 2.13 bits per heavy atom. The van der Waals surface area contributed by atoms with Crippen molar-refractivity contribution in [2.24, 2.45) is 0 Å². The lowest BCUT2D eigenvalue weighted by molar-refractivity contribution is -0.111. The molecule has 1 N–H and O–H groups in total. The maximum atomic E-state index is 11.3. The molecule has 1 aromatic carbocycles. The molecule has 1 aliphatic carbocycles. The zero-order valence-electron chi connectivity index (χ0n) is 8.65. The molecule has 0 radical (unpaired) electrons. The average molecular weight is 204 g/mol. The molecule has 0 atom stereocenters. The van der Waals surface area contributed by atoms with Crippen LogP contribution in [0.1, 0.15) is 29.8 Å². The van der Waals surface area contributed by atoms with Crippen LogP contribution in [0.3, 0.4) is 0 Å². The summed E-state index contributed by atoms with van der Waals surface area (Å²) in [4.78, 5) is 22.2. The number of carbonyl (C=O) groups is 2. The molecule has 78 valence electrons. The van der Waals surface area contributed by atoms with Crippen molar-refractivity contribution >= 4 is 17.3 Å². The first-order valence-electron chi connectivity index (χ1n) is 4.79. The Kier molecular flexibility index (Phi) is 3.39. The molecule has 2 rings (SSSR count). The maximum Gasteiger partial charge on any atom is 0.233 e. The molecule has 0 bridgehead atoms. The van der Waals surface area contributed by atoms with Gasteiger partial charge in [-0.05, 0) is 0 Å². The first-order chi connectivity index (χ1) is 7.20. The van der Waals surface area contributed by atoms with Crippen molar-refractivity contribution in [3.05, 3.63) is 41.5 Å². The van der Waals surface area contributed by atoms with E-state index in [1.54, 1.807) is 18.2 Å². The number of hydrogen-bond donors (Lipinski definition) is 1. The minimum absolute atomic E-state index is 0.139. The van der Waals surface area contributed by atoms with Gasteiger partial charge in [0, 0.05) is 17.2 Å². The number of aliphatic hydroxyl groups excluding tert-OH is 1. The fourth-order valence-electron chi connectivity index (χ4n) is 1.30. The zero-order valence-corrected chi connectivity index (χ0v) is 8.65. The summed E-state index contributed by atoms with van der Waals surface area (Å²) in [5, 5.41) is 9.34. The van der Waals surface area contributed by atoms with Crippen LogP contribution in [0, 0.1) is 0 Å².